The second-order valence-corrected chi connectivity index (χ2v) is 7.62. The van der Waals surface area contributed by atoms with Gasteiger partial charge >= 0.3 is 0 Å². The Morgan fingerprint density at radius 1 is 1.22 bits per heavy atom. The molecule has 142 valence electrons. The maximum atomic E-state index is 11.6. The van der Waals surface area contributed by atoms with Crippen molar-refractivity contribution in [2.45, 2.75) is 38.3 Å². The van der Waals surface area contributed by atoms with E-state index in [1.807, 2.05) is 0 Å². The zero-order valence-corrected chi connectivity index (χ0v) is 15.7. The van der Waals surface area contributed by atoms with E-state index in [-0.39, 0.29) is 5.91 Å². The topological polar surface area (TPSA) is 64.6 Å². The smallest absolute Gasteiger partial charge is 0.248 e. The minimum atomic E-state index is -0.395. The van der Waals surface area contributed by atoms with Gasteiger partial charge in [0.25, 0.3) is 0 Å². The Balaban J connectivity index is 1.47. The van der Waals surface area contributed by atoms with Crippen LogP contribution in [0, 0.1) is 6.92 Å². The van der Waals surface area contributed by atoms with Crippen LogP contribution in [0.1, 0.15) is 35.6 Å². The van der Waals surface area contributed by atoms with E-state index in [4.69, 9.17) is 5.11 Å². The molecular formula is C22H27N3O2. The van der Waals surface area contributed by atoms with Gasteiger partial charge in [-0.15, -0.1) is 0 Å². The summed E-state index contributed by atoms with van der Waals surface area (Å²) in [5.74, 6) is -0.169. The van der Waals surface area contributed by atoms with Crippen molar-refractivity contribution >= 4 is 17.3 Å². The van der Waals surface area contributed by atoms with E-state index in [2.05, 4.69) is 60.0 Å². The summed E-state index contributed by atoms with van der Waals surface area (Å²) < 4.78 is 0. The molecule has 0 aliphatic carbocycles. The SMILES string of the molecule is Cc1cc2c(c(NC3CCN(C(=O)CO)CC3)c1)NC(c1ccccc1)C2. The van der Waals surface area contributed by atoms with Gasteiger partial charge in [0.2, 0.25) is 5.91 Å². The highest BCUT2D eigenvalue weighted by Gasteiger charge is 2.27. The van der Waals surface area contributed by atoms with Crippen molar-refractivity contribution in [3.8, 4) is 0 Å². The number of aliphatic hydroxyl groups is 1. The van der Waals surface area contributed by atoms with Gasteiger partial charge in [-0.05, 0) is 48.9 Å². The first-order valence-electron chi connectivity index (χ1n) is 9.74. The third-order valence-electron chi connectivity index (χ3n) is 5.65. The normalized spacial score (nSPS) is 19.5. The summed E-state index contributed by atoms with van der Waals surface area (Å²) >= 11 is 0. The number of benzene rings is 2. The minimum absolute atomic E-state index is 0.169. The number of piperidine rings is 1. The summed E-state index contributed by atoms with van der Waals surface area (Å²) in [5.41, 5.74) is 6.31. The van der Waals surface area contributed by atoms with Crippen molar-refractivity contribution in [3.05, 3.63) is 59.2 Å². The molecule has 5 nitrogen and oxygen atoms in total. The molecule has 1 unspecified atom stereocenters. The van der Waals surface area contributed by atoms with Gasteiger partial charge in [0.15, 0.2) is 0 Å². The number of aryl methyl sites for hydroxylation is 1. The van der Waals surface area contributed by atoms with Gasteiger partial charge in [-0.1, -0.05) is 36.4 Å². The van der Waals surface area contributed by atoms with Crippen LogP contribution in [0.4, 0.5) is 11.4 Å². The van der Waals surface area contributed by atoms with Crippen LogP contribution in [0.5, 0.6) is 0 Å². The summed E-state index contributed by atoms with van der Waals surface area (Å²) in [4.78, 5) is 13.4. The third-order valence-corrected chi connectivity index (χ3v) is 5.65. The lowest BCUT2D eigenvalue weighted by Crippen LogP contribution is -2.43. The van der Waals surface area contributed by atoms with Gasteiger partial charge < -0.3 is 20.6 Å². The Bertz CT molecular complexity index is 814. The summed E-state index contributed by atoms with van der Waals surface area (Å²) in [7, 11) is 0. The standard InChI is InChI=1S/C22H27N3O2/c1-15-11-17-13-19(16-5-3-2-4-6-16)24-22(17)20(12-15)23-18-7-9-25(10-8-18)21(27)14-26/h2-6,11-12,18-19,23-24,26H,7-10,13-14H2,1H3. The number of nitrogens with one attached hydrogen (secondary N) is 2. The van der Waals surface area contributed by atoms with E-state index < -0.39 is 6.61 Å². The lowest BCUT2D eigenvalue weighted by atomic mass is 10.0. The molecule has 4 rings (SSSR count). The molecule has 2 heterocycles. The number of carbonyl (C=O) groups is 1. The third kappa shape index (κ3) is 3.78. The summed E-state index contributed by atoms with van der Waals surface area (Å²) in [5, 5.41) is 16.4. The number of aliphatic hydroxyl groups excluding tert-OH is 1. The number of rotatable bonds is 4. The Kier molecular flexibility index (Phi) is 5.03. The molecule has 1 amide bonds. The van der Waals surface area contributed by atoms with E-state index in [1.54, 1.807) is 4.90 Å². The van der Waals surface area contributed by atoms with Crippen LogP contribution in [0.2, 0.25) is 0 Å². The van der Waals surface area contributed by atoms with Crippen molar-refractivity contribution in [1.29, 1.82) is 0 Å². The highest BCUT2D eigenvalue weighted by Crippen LogP contribution is 2.40. The maximum Gasteiger partial charge on any atom is 0.248 e. The van der Waals surface area contributed by atoms with Crippen LogP contribution in [0.15, 0.2) is 42.5 Å². The Labute approximate surface area is 160 Å². The van der Waals surface area contributed by atoms with E-state index in [0.717, 1.165) is 24.9 Å². The van der Waals surface area contributed by atoms with Crippen molar-refractivity contribution in [2.75, 3.05) is 30.3 Å². The maximum absolute atomic E-state index is 11.6. The molecule has 0 radical (unpaired) electrons. The Hall–Kier alpha value is -2.53. The highest BCUT2D eigenvalue weighted by molar-refractivity contribution is 5.78. The molecule has 2 aliphatic rings. The molecule has 27 heavy (non-hydrogen) atoms. The van der Waals surface area contributed by atoms with Gasteiger partial charge in [-0.3, -0.25) is 4.79 Å². The van der Waals surface area contributed by atoms with Gasteiger partial charge in [-0.2, -0.15) is 0 Å². The van der Waals surface area contributed by atoms with Crippen molar-refractivity contribution in [1.82, 2.24) is 4.90 Å². The predicted molar refractivity (Wildman–Crippen MR) is 108 cm³/mol. The number of likely N-dealkylation sites (tertiary alicyclic amines) is 1. The monoisotopic (exact) mass is 365 g/mol. The number of carbonyl (C=O) groups excluding carboxylic acids is 1. The molecule has 0 bridgehead atoms. The predicted octanol–water partition coefficient (Wildman–Crippen LogP) is 3.10. The molecule has 1 atom stereocenters. The average Bonchev–Trinajstić information content (AvgIpc) is 3.13. The van der Waals surface area contributed by atoms with Crippen LogP contribution in [0.25, 0.3) is 0 Å². The number of anilines is 2. The van der Waals surface area contributed by atoms with Crippen LogP contribution in [0.3, 0.4) is 0 Å². The van der Waals surface area contributed by atoms with Crippen LogP contribution in [-0.4, -0.2) is 41.7 Å². The molecule has 3 N–H and O–H groups in total. The fourth-order valence-electron chi connectivity index (χ4n) is 4.23. The number of fused-ring (bicyclic) bond motifs is 1. The molecule has 0 saturated carbocycles. The largest absolute Gasteiger partial charge is 0.387 e. The second-order valence-electron chi connectivity index (χ2n) is 7.62. The van der Waals surface area contributed by atoms with E-state index in [1.165, 1.54) is 22.4 Å². The average molecular weight is 365 g/mol. The summed E-state index contributed by atoms with van der Waals surface area (Å²) in [6, 6.07) is 15.7. The molecule has 2 aromatic carbocycles. The van der Waals surface area contributed by atoms with Crippen molar-refractivity contribution < 1.29 is 9.90 Å². The van der Waals surface area contributed by atoms with Gasteiger partial charge in [0, 0.05) is 19.1 Å². The van der Waals surface area contributed by atoms with Gasteiger partial charge in [0.05, 0.1) is 17.4 Å². The highest BCUT2D eigenvalue weighted by atomic mass is 16.3. The second kappa shape index (κ2) is 7.61. The zero-order chi connectivity index (χ0) is 18.8. The molecule has 0 spiro atoms. The minimum Gasteiger partial charge on any atom is -0.387 e. The van der Waals surface area contributed by atoms with Crippen molar-refractivity contribution in [2.24, 2.45) is 0 Å². The summed E-state index contributed by atoms with van der Waals surface area (Å²) in [6.07, 6.45) is 2.80. The number of nitrogens with zero attached hydrogens (tertiary/aromatic N) is 1. The summed E-state index contributed by atoms with van der Waals surface area (Å²) in [6.45, 7) is 3.15. The molecule has 0 aromatic heterocycles. The molecule has 1 saturated heterocycles. The fourth-order valence-corrected chi connectivity index (χ4v) is 4.23. The van der Waals surface area contributed by atoms with Crippen LogP contribution in [-0.2, 0) is 11.2 Å². The van der Waals surface area contributed by atoms with Gasteiger partial charge in [-0.25, -0.2) is 0 Å². The zero-order valence-electron chi connectivity index (χ0n) is 15.7. The first kappa shape index (κ1) is 17.9. The molecule has 2 aromatic rings. The lowest BCUT2D eigenvalue weighted by molar-refractivity contribution is -0.135. The van der Waals surface area contributed by atoms with Crippen LogP contribution >= 0.6 is 0 Å². The molecule has 5 heteroatoms. The number of amides is 1. The van der Waals surface area contributed by atoms with Crippen molar-refractivity contribution in [3.63, 3.8) is 0 Å². The molecule has 1 fully saturated rings. The Morgan fingerprint density at radius 2 is 1.96 bits per heavy atom. The lowest BCUT2D eigenvalue weighted by Gasteiger charge is -2.33. The Morgan fingerprint density at radius 3 is 2.67 bits per heavy atom. The quantitative estimate of drug-likeness (QED) is 0.779. The van der Waals surface area contributed by atoms with Crippen LogP contribution < -0.4 is 10.6 Å². The first-order valence-corrected chi connectivity index (χ1v) is 9.74. The number of hydrogen-bond acceptors (Lipinski definition) is 4. The molecular weight excluding hydrogens is 338 g/mol. The first-order chi connectivity index (χ1) is 13.1. The van der Waals surface area contributed by atoms with E-state index in [0.29, 0.717) is 25.2 Å². The molecule has 2 aliphatic heterocycles. The van der Waals surface area contributed by atoms with E-state index >= 15 is 0 Å². The van der Waals surface area contributed by atoms with Gasteiger partial charge in [0.1, 0.15) is 6.61 Å². The fraction of sp³-hybridized carbons (Fsp3) is 0.409. The number of hydrogen-bond donors (Lipinski definition) is 3. The van der Waals surface area contributed by atoms with E-state index in [9.17, 15) is 4.79 Å².